The summed E-state index contributed by atoms with van der Waals surface area (Å²) in [6.45, 7) is 4.45. The highest BCUT2D eigenvalue weighted by atomic mass is 19.3. The number of aliphatic imine (C=N–C) groups is 1. The first-order valence-corrected chi connectivity index (χ1v) is 10.0. The number of halogens is 2. The lowest BCUT2D eigenvalue weighted by Crippen LogP contribution is -2.38. The Kier molecular flexibility index (Phi) is 9.30. The molecule has 0 unspecified atom stereocenters. The third-order valence-corrected chi connectivity index (χ3v) is 4.39. The monoisotopic (exact) mass is 424 g/mol. The van der Waals surface area contributed by atoms with Crippen LogP contribution in [0.15, 0.2) is 23.2 Å². The highest BCUT2D eigenvalue weighted by Gasteiger charge is 2.16. The molecule has 0 saturated heterocycles. The topological polar surface area (TPSA) is 85.6 Å². The molecule has 0 bridgehead atoms. The van der Waals surface area contributed by atoms with E-state index in [-0.39, 0.29) is 18.0 Å². The molecule has 8 nitrogen and oxygen atoms in total. The molecule has 2 aromatic rings. The van der Waals surface area contributed by atoms with Gasteiger partial charge in [0.05, 0.1) is 19.7 Å². The van der Waals surface area contributed by atoms with Crippen LogP contribution in [0.1, 0.15) is 43.9 Å². The van der Waals surface area contributed by atoms with Crippen molar-refractivity contribution >= 4 is 5.96 Å². The summed E-state index contributed by atoms with van der Waals surface area (Å²) in [5.74, 6) is 2.40. The SMILES string of the molecule is CCCCNC(=NCc1cccc(OCC)c1OC(F)F)NCc1nnc(C)n1C. The molecule has 0 fully saturated rings. The molecule has 30 heavy (non-hydrogen) atoms. The molecule has 166 valence electrons. The highest BCUT2D eigenvalue weighted by molar-refractivity contribution is 5.79. The van der Waals surface area contributed by atoms with Gasteiger partial charge in [0, 0.05) is 19.2 Å². The normalized spacial score (nSPS) is 11.6. The van der Waals surface area contributed by atoms with Crippen molar-refractivity contribution in [2.24, 2.45) is 12.0 Å². The van der Waals surface area contributed by atoms with Crippen LogP contribution in [-0.2, 0) is 20.1 Å². The molecule has 2 rings (SSSR count). The number of ether oxygens (including phenoxy) is 2. The van der Waals surface area contributed by atoms with E-state index in [1.807, 2.05) is 18.5 Å². The maximum absolute atomic E-state index is 12.9. The number of aryl methyl sites for hydroxylation is 1. The average Bonchev–Trinajstić information content (AvgIpc) is 3.03. The van der Waals surface area contributed by atoms with Gasteiger partial charge in [-0.2, -0.15) is 8.78 Å². The molecule has 0 saturated carbocycles. The van der Waals surface area contributed by atoms with Crippen LogP contribution in [0.3, 0.4) is 0 Å². The molecule has 0 aliphatic heterocycles. The van der Waals surface area contributed by atoms with Crippen molar-refractivity contribution in [3.05, 3.63) is 35.4 Å². The van der Waals surface area contributed by atoms with Crippen molar-refractivity contribution in [3.8, 4) is 11.5 Å². The lowest BCUT2D eigenvalue weighted by atomic mass is 10.2. The van der Waals surface area contributed by atoms with E-state index in [1.54, 1.807) is 25.1 Å². The summed E-state index contributed by atoms with van der Waals surface area (Å²) in [6, 6.07) is 5.02. The molecule has 0 aliphatic rings. The lowest BCUT2D eigenvalue weighted by molar-refractivity contribution is -0.0520. The van der Waals surface area contributed by atoms with E-state index in [0.29, 0.717) is 24.7 Å². The van der Waals surface area contributed by atoms with Gasteiger partial charge < -0.3 is 24.7 Å². The van der Waals surface area contributed by atoms with Gasteiger partial charge in [-0.05, 0) is 26.3 Å². The Morgan fingerprint density at radius 3 is 2.67 bits per heavy atom. The third kappa shape index (κ3) is 6.85. The Bertz CT molecular complexity index is 826. The molecule has 0 amide bonds. The summed E-state index contributed by atoms with van der Waals surface area (Å²) in [5, 5.41) is 14.6. The number of unbranched alkanes of at least 4 members (excludes halogenated alkanes) is 1. The Hall–Kier alpha value is -2.91. The van der Waals surface area contributed by atoms with Crippen LogP contribution in [0.5, 0.6) is 11.5 Å². The first kappa shape index (κ1) is 23.4. The molecule has 0 aliphatic carbocycles. The van der Waals surface area contributed by atoms with Gasteiger partial charge in [-0.3, -0.25) is 0 Å². The minimum atomic E-state index is -2.95. The predicted octanol–water partition coefficient (Wildman–Crippen LogP) is 3.16. The minimum Gasteiger partial charge on any atom is -0.490 e. The van der Waals surface area contributed by atoms with Gasteiger partial charge >= 0.3 is 6.61 Å². The van der Waals surface area contributed by atoms with E-state index in [0.717, 1.165) is 31.0 Å². The van der Waals surface area contributed by atoms with E-state index in [4.69, 9.17) is 9.47 Å². The van der Waals surface area contributed by atoms with E-state index < -0.39 is 6.61 Å². The maximum Gasteiger partial charge on any atom is 0.387 e. The van der Waals surface area contributed by atoms with Crippen molar-refractivity contribution in [1.29, 1.82) is 0 Å². The molecule has 0 radical (unpaired) electrons. The van der Waals surface area contributed by atoms with Crippen molar-refractivity contribution in [3.63, 3.8) is 0 Å². The minimum absolute atomic E-state index is 0.00920. The molecule has 1 aromatic carbocycles. The number of nitrogens with one attached hydrogen (secondary N) is 2. The number of hydrogen-bond donors (Lipinski definition) is 2. The molecule has 1 heterocycles. The summed E-state index contributed by atoms with van der Waals surface area (Å²) in [4.78, 5) is 4.54. The van der Waals surface area contributed by atoms with Gasteiger partial charge in [-0.25, -0.2) is 4.99 Å². The largest absolute Gasteiger partial charge is 0.490 e. The van der Waals surface area contributed by atoms with Crippen LogP contribution >= 0.6 is 0 Å². The number of alkyl halides is 2. The molecular weight excluding hydrogens is 394 g/mol. The summed E-state index contributed by atoms with van der Waals surface area (Å²) < 4.78 is 37.9. The molecule has 2 N–H and O–H groups in total. The Morgan fingerprint density at radius 1 is 1.23 bits per heavy atom. The van der Waals surface area contributed by atoms with E-state index in [9.17, 15) is 8.78 Å². The fourth-order valence-corrected chi connectivity index (χ4v) is 2.67. The van der Waals surface area contributed by atoms with Crippen LogP contribution in [0, 0.1) is 6.92 Å². The summed E-state index contributed by atoms with van der Waals surface area (Å²) in [7, 11) is 1.89. The number of benzene rings is 1. The predicted molar refractivity (Wildman–Crippen MR) is 111 cm³/mol. The van der Waals surface area contributed by atoms with Gasteiger partial charge in [-0.1, -0.05) is 25.5 Å². The van der Waals surface area contributed by atoms with Crippen LogP contribution in [0.4, 0.5) is 8.78 Å². The van der Waals surface area contributed by atoms with Gasteiger partial charge in [0.25, 0.3) is 0 Å². The van der Waals surface area contributed by atoms with Gasteiger partial charge in [-0.15, -0.1) is 10.2 Å². The van der Waals surface area contributed by atoms with E-state index in [2.05, 4.69) is 32.7 Å². The summed E-state index contributed by atoms with van der Waals surface area (Å²) in [5.41, 5.74) is 0.507. The fraction of sp³-hybridized carbons (Fsp3) is 0.550. The van der Waals surface area contributed by atoms with Crippen LogP contribution in [-0.4, -0.2) is 40.5 Å². The molecular formula is C20H30F2N6O2. The maximum atomic E-state index is 12.9. The molecule has 0 spiro atoms. The molecule has 1 aromatic heterocycles. The number of nitrogens with zero attached hydrogens (tertiary/aromatic N) is 4. The van der Waals surface area contributed by atoms with Gasteiger partial charge in [0.1, 0.15) is 5.82 Å². The average molecular weight is 424 g/mol. The van der Waals surface area contributed by atoms with Crippen LogP contribution in [0.25, 0.3) is 0 Å². The summed E-state index contributed by atoms with van der Waals surface area (Å²) >= 11 is 0. The summed E-state index contributed by atoms with van der Waals surface area (Å²) in [6.07, 6.45) is 2.01. The van der Waals surface area contributed by atoms with Gasteiger partial charge in [0.2, 0.25) is 0 Å². The molecule has 10 heteroatoms. The Balaban J connectivity index is 2.18. The van der Waals surface area contributed by atoms with Crippen molar-refractivity contribution in [2.75, 3.05) is 13.2 Å². The fourth-order valence-electron chi connectivity index (χ4n) is 2.67. The standard InChI is InChI=1S/C20H30F2N6O2/c1-5-7-11-23-20(25-13-17-27-26-14(3)28(17)4)24-12-15-9-8-10-16(29-6-2)18(15)30-19(21)22/h8-10,19H,5-7,11-13H2,1-4H3,(H2,23,24,25). The zero-order valence-electron chi connectivity index (χ0n) is 17.9. The Labute approximate surface area is 175 Å². The van der Waals surface area contributed by atoms with Crippen molar-refractivity contribution in [2.45, 2.75) is 53.3 Å². The van der Waals surface area contributed by atoms with Crippen LogP contribution < -0.4 is 20.1 Å². The lowest BCUT2D eigenvalue weighted by Gasteiger charge is -2.16. The van der Waals surface area contributed by atoms with Crippen LogP contribution in [0.2, 0.25) is 0 Å². The second-order valence-electron chi connectivity index (χ2n) is 6.58. The number of hydrogen-bond acceptors (Lipinski definition) is 5. The number of guanidine groups is 1. The number of para-hydroxylation sites is 1. The first-order valence-electron chi connectivity index (χ1n) is 10.0. The quantitative estimate of drug-likeness (QED) is 0.327. The van der Waals surface area contributed by atoms with E-state index >= 15 is 0 Å². The second kappa shape index (κ2) is 11.9. The Morgan fingerprint density at radius 2 is 2.03 bits per heavy atom. The van der Waals surface area contributed by atoms with Crippen molar-refractivity contribution in [1.82, 2.24) is 25.4 Å². The zero-order chi connectivity index (χ0) is 21.9. The number of rotatable bonds is 11. The highest BCUT2D eigenvalue weighted by Crippen LogP contribution is 2.33. The van der Waals surface area contributed by atoms with Gasteiger partial charge in [0.15, 0.2) is 23.3 Å². The zero-order valence-corrected chi connectivity index (χ0v) is 17.9. The first-order chi connectivity index (χ1) is 14.5. The van der Waals surface area contributed by atoms with Crippen molar-refractivity contribution < 1.29 is 18.3 Å². The third-order valence-electron chi connectivity index (χ3n) is 4.39. The number of aromatic nitrogens is 3. The van der Waals surface area contributed by atoms with E-state index in [1.165, 1.54) is 0 Å². The molecule has 0 atom stereocenters. The second-order valence-corrected chi connectivity index (χ2v) is 6.58. The smallest absolute Gasteiger partial charge is 0.387 e.